The number of methoxy groups -OCH3 is 1. The Labute approximate surface area is 372 Å². The van der Waals surface area contributed by atoms with E-state index in [2.05, 4.69) is 59.9 Å². The summed E-state index contributed by atoms with van der Waals surface area (Å²) in [5, 5.41) is 13.0. The standard InChI is InChI=1S/C46H48F3N11O5/c1-65-37-25-30(44(63)53-38-26-31(10-15-51-38)46(47,48)49)2-8-35(37)41-40(42(50)62)43-52-36-9-7-34(24-29(36)13-19-60(43)55-41)58-22-20-56(21-23-58)27-28-11-16-57(17-12-28)32-3-5-33(6-4-32)59-18-14-39(61)54-45(59)64/h2-10,15,24-26,28,52H,11-14,16-23,27H2,1H3,(H2,50,62)(H,51,53,63)(H,54,61,64). The van der Waals surface area contributed by atoms with E-state index < -0.39 is 23.6 Å². The smallest absolute Gasteiger partial charge is 0.416 e. The summed E-state index contributed by atoms with van der Waals surface area (Å²) in [6, 6.07) is 19.9. The van der Waals surface area contributed by atoms with Crippen molar-refractivity contribution in [3.8, 4) is 17.0 Å². The van der Waals surface area contributed by atoms with Crippen LogP contribution in [0.25, 0.3) is 11.3 Å². The van der Waals surface area contributed by atoms with Crippen LogP contribution < -0.4 is 41.1 Å². The number of hydrogen-bond donors (Lipinski definition) is 4. The first kappa shape index (κ1) is 43.1. The third kappa shape index (κ3) is 9.13. The maximum atomic E-state index is 13.2. The number of pyridine rings is 1. The van der Waals surface area contributed by atoms with E-state index in [9.17, 15) is 32.3 Å². The van der Waals surface area contributed by atoms with Gasteiger partial charge in [-0.2, -0.15) is 18.3 Å². The van der Waals surface area contributed by atoms with Crippen molar-refractivity contribution in [1.82, 2.24) is 25.0 Å². The molecule has 0 atom stereocenters. The number of urea groups is 1. The molecule has 0 aliphatic carbocycles. The number of nitrogens with two attached hydrogens (primary N) is 1. The summed E-state index contributed by atoms with van der Waals surface area (Å²) in [5.41, 5.74) is 10.9. The molecule has 2 aromatic heterocycles. The molecule has 6 heterocycles. The van der Waals surface area contributed by atoms with Gasteiger partial charge in [0.15, 0.2) is 0 Å². The molecule has 5 amide bonds. The van der Waals surface area contributed by atoms with E-state index in [1.54, 1.807) is 15.6 Å². The second kappa shape index (κ2) is 17.8. The minimum absolute atomic E-state index is 0.0842. The Kier molecular flexibility index (Phi) is 11.8. The van der Waals surface area contributed by atoms with Gasteiger partial charge in [0.1, 0.15) is 28.6 Å². The summed E-state index contributed by atoms with van der Waals surface area (Å²) in [5.74, 6) is -0.681. The lowest BCUT2D eigenvalue weighted by Crippen LogP contribution is -2.49. The van der Waals surface area contributed by atoms with E-state index in [1.807, 2.05) is 18.2 Å². The molecule has 0 unspecified atom stereocenters. The number of amides is 5. The number of fused-ring (bicyclic) bond motifs is 2. The van der Waals surface area contributed by atoms with Crippen LogP contribution in [0.1, 0.15) is 51.1 Å². The van der Waals surface area contributed by atoms with Crippen molar-refractivity contribution in [3.63, 3.8) is 0 Å². The van der Waals surface area contributed by atoms with Crippen LogP contribution in [0.5, 0.6) is 5.75 Å². The minimum atomic E-state index is -4.60. The number of hydrogen-bond acceptors (Lipinski definition) is 11. The fourth-order valence-corrected chi connectivity index (χ4v) is 9.11. The second-order valence-corrected chi connectivity index (χ2v) is 16.7. The predicted molar refractivity (Wildman–Crippen MR) is 239 cm³/mol. The SMILES string of the molecule is COc1cc(C(=O)Nc2cc(C(F)(F)F)ccn2)ccc1-c1nn2c(c1C(N)=O)Nc1ccc(N3CCN(CC4CCN(c5ccc(N6CCC(=O)NC6=O)cc5)CC4)CC3)cc1CC2. The molecule has 4 aliphatic rings. The number of rotatable bonds is 10. The molecule has 0 radical (unpaired) electrons. The van der Waals surface area contributed by atoms with Crippen molar-refractivity contribution >= 4 is 58.1 Å². The van der Waals surface area contributed by atoms with Crippen LogP contribution in [0, 0.1) is 5.92 Å². The number of alkyl halides is 3. The van der Waals surface area contributed by atoms with Gasteiger partial charge in [0, 0.05) is 105 Å². The van der Waals surface area contributed by atoms with Gasteiger partial charge < -0.3 is 30.9 Å². The largest absolute Gasteiger partial charge is 0.496 e. The van der Waals surface area contributed by atoms with Crippen molar-refractivity contribution < 1.29 is 37.1 Å². The lowest BCUT2D eigenvalue weighted by molar-refractivity contribution is -0.137. The molecule has 65 heavy (non-hydrogen) atoms. The molecule has 0 spiro atoms. The average molecular weight is 892 g/mol. The highest BCUT2D eigenvalue weighted by Crippen LogP contribution is 2.39. The van der Waals surface area contributed by atoms with Crippen molar-refractivity contribution in [1.29, 1.82) is 0 Å². The molecular weight excluding hydrogens is 844 g/mol. The third-order valence-corrected chi connectivity index (χ3v) is 12.6. The summed E-state index contributed by atoms with van der Waals surface area (Å²) in [4.78, 5) is 62.8. The maximum absolute atomic E-state index is 13.2. The van der Waals surface area contributed by atoms with Gasteiger partial charge in [0.25, 0.3) is 11.8 Å². The minimum Gasteiger partial charge on any atom is -0.496 e. The van der Waals surface area contributed by atoms with Gasteiger partial charge in [-0.3, -0.25) is 29.5 Å². The molecule has 0 bridgehead atoms. The number of piperidine rings is 1. The van der Waals surface area contributed by atoms with E-state index in [0.29, 0.717) is 43.2 Å². The highest BCUT2D eigenvalue weighted by molar-refractivity contribution is 6.07. The van der Waals surface area contributed by atoms with Crippen molar-refractivity contribution in [3.05, 3.63) is 101 Å². The quantitative estimate of drug-likeness (QED) is 0.127. The molecule has 4 aliphatic heterocycles. The van der Waals surface area contributed by atoms with Gasteiger partial charge in [-0.05, 0) is 104 Å². The maximum Gasteiger partial charge on any atom is 0.416 e. The Balaban J connectivity index is 0.803. The number of carbonyl (C=O) groups is 4. The Bertz CT molecular complexity index is 2640. The van der Waals surface area contributed by atoms with Gasteiger partial charge >= 0.3 is 12.2 Å². The fourth-order valence-electron chi connectivity index (χ4n) is 9.11. The highest BCUT2D eigenvalue weighted by atomic mass is 19.4. The number of carbonyl (C=O) groups excluding carboxylic acids is 4. The number of imide groups is 1. The van der Waals surface area contributed by atoms with Crippen LogP contribution in [-0.4, -0.2) is 103 Å². The molecule has 338 valence electrons. The zero-order chi connectivity index (χ0) is 45.4. The number of nitrogens with zero attached hydrogens (tertiary/aromatic N) is 7. The Morgan fingerprint density at radius 3 is 2.26 bits per heavy atom. The van der Waals surface area contributed by atoms with Crippen molar-refractivity contribution in [2.45, 2.75) is 38.4 Å². The van der Waals surface area contributed by atoms with Crippen LogP contribution in [0.2, 0.25) is 0 Å². The van der Waals surface area contributed by atoms with Crippen LogP contribution >= 0.6 is 0 Å². The monoisotopic (exact) mass is 891 g/mol. The summed E-state index contributed by atoms with van der Waals surface area (Å²) >= 11 is 0. The summed E-state index contributed by atoms with van der Waals surface area (Å²) in [6.07, 6.45) is -0.491. The van der Waals surface area contributed by atoms with E-state index >= 15 is 0 Å². The lowest BCUT2D eigenvalue weighted by atomic mass is 9.95. The normalized spacial score (nSPS) is 17.1. The van der Waals surface area contributed by atoms with Crippen molar-refractivity contribution in [2.24, 2.45) is 11.7 Å². The van der Waals surface area contributed by atoms with Gasteiger partial charge in [-0.25, -0.2) is 14.5 Å². The van der Waals surface area contributed by atoms with E-state index in [1.165, 1.54) is 19.2 Å². The number of piperazine rings is 1. The van der Waals surface area contributed by atoms with E-state index in [-0.39, 0.29) is 40.3 Å². The number of anilines is 6. The second-order valence-electron chi connectivity index (χ2n) is 16.7. The molecule has 3 saturated heterocycles. The summed E-state index contributed by atoms with van der Waals surface area (Å²) < 4.78 is 47.0. The molecule has 19 heteroatoms. The average Bonchev–Trinajstić information content (AvgIpc) is 3.56. The Morgan fingerprint density at radius 2 is 1.55 bits per heavy atom. The van der Waals surface area contributed by atoms with Crippen LogP contribution in [-0.2, 0) is 23.9 Å². The number of halogens is 3. The molecular formula is C46H48F3N11O5. The molecule has 5 aromatic rings. The molecule has 9 rings (SSSR count). The fraction of sp³-hybridized carbons (Fsp3) is 0.348. The zero-order valence-electron chi connectivity index (χ0n) is 35.7. The first-order valence-corrected chi connectivity index (χ1v) is 21.6. The highest BCUT2D eigenvalue weighted by Gasteiger charge is 2.32. The number of benzene rings is 3. The molecule has 0 saturated carbocycles. The molecule has 3 aromatic carbocycles. The van der Waals surface area contributed by atoms with Crippen LogP contribution in [0.15, 0.2) is 79.0 Å². The van der Waals surface area contributed by atoms with Crippen molar-refractivity contribution in [2.75, 3.05) is 84.8 Å². The van der Waals surface area contributed by atoms with Gasteiger partial charge in [-0.1, -0.05) is 0 Å². The third-order valence-electron chi connectivity index (χ3n) is 12.6. The van der Waals surface area contributed by atoms with E-state index in [0.717, 1.165) is 105 Å². The number of aromatic nitrogens is 3. The zero-order valence-corrected chi connectivity index (χ0v) is 35.7. The lowest BCUT2D eigenvalue weighted by Gasteiger charge is -2.40. The summed E-state index contributed by atoms with van der Waals surface area (Å²) in [7, 11) is 1.40. The molecule has 16 nitrogen and oxygen atoms in total. The van der Waals surface area contributed by atoms with Gasteiger partial charge in [-0.15, -0.1) is 0 Å². The van der Waals surface area contributed by atoms with E-state index in [4.69, 9.17) is 15.6 Å². The molecule has 3 fully saturated rings. The summed E-state index contributed by atoms with van der Waals surface area (Å²) in [6.45, 7) is 7.60. The van der Waals surface area contributed by atoms with Crippen LogP contribution in [0.3, 0.4) is 0 Å². The predicted octanol–water partition coefficient (Wildman–Crippen LogP) is 6.11. The first-order chi connectivity index (χ1) is 31.3. The first-order valence-electron chi connectivity index (χ1n) is 21.6. The Hall–Kier alpha value is -7.15. The topological polar surface area (TPSA) is 183 Å². The Morgan fingerprint density at radius 1 is 0.831 bits per heavy atom. The number of ether oxygens (including phenoxy) is 1. The number of nitrogens with one attached hydrogen (secondary N) is 3. The van der Waals surface area contributed by atoms with Crippen LogP contribution in [0.4, 0.5) is 52.4 Å². The van der Waals surface area contributed by atoms with Gasteiger partial charge in [0.2, 0.25) is 5.91 Å². The van der Waals surface area contributed by atoms with Gasteiger partial charge in [0.05, 0.1) is 12.7 Å². The number of primary amides is 1. The molecule has 5 N–H and O–H groups in total. The number of aryl methyl sites for hydroxylation is 2.